The molecule has 0 spiro atoms. The summed E-state index contributed by atoms with van der Waals surface area (Å²) in [5.74, 6) is 0.0262. The quantitative estimate of drug-likeness (QED) is 0.594. The molecule has 0 radical (unpaired) electrons. The molecule has 0 aliphatic heterocycles. The third-order valence-corrected chi connectivity index (χ3v) is 5.13. The molecule has 1 amide bonds. The van der Waals surface area contributed by atoms with Gasteiger partial charge >= 0.3 is 0 Å². The molecule has 24 heavy (non-hydrogen) atoms. The number of hydrogen-bond acceptors (Lipinski definition) is 3. The van der Waals surface area contributed by atoms with Crippen molar-refractivity contribution in [1.82, 2.24) is 20.1 Å². The van der Waals surface area contributed by atoms with Crippen molar-refractivity contribution in [2.45, 2.75) is 6.54 Å². The van der Waals surface area contributed by atoms with Crippen LogP contribution in [0.25, 0.3) is 21.5 Å². The predicted octanol–water partition coefficient (Wildman–Crippen LogP) is 3.89. The van der Waals surface area contributed by atoms with Gasteiger partial charge in [0.2, 0.25) is 0 Å². The second kappa shape index (κ2) is 5.98. The van der Waals surface area contributed by atoms with E-state index in [4.69, 9.17) is 0 Å². The van der Waals surface area contributed by atoms with E-state index in [0.29, 0.717) is 6.54 Å². The van der Waals surface area contributed by atoms with E-state index in [9.17, 15) is 4.79 Å². The fraction of sp³-hybridized carbons (Fsp3) is 0.111. The van der Waals surface area contributed by atoms with Crippen LogP contribution in [0.2, 0.25) is 0 Å². The van der Waals surface area contributed by atoms with Crippen LogP contribution in [0.15, 0.2) is 54.9 Å². The van der Waals surface area contributed by atoms with Crippen LogP contribution in [0, 0.1) is 0 Å². The summed E-state index contributed by atoms with van der Waals surface area (Å²) in [7, 11) is 1.84. The lowest BCUT2D eigenvalue weighted by atomic mass is 10.1. The second-order valence-corrected chi connectivity index (χ2v) is 6.74. The molecule has 1 aromatic carbocycles. The van der Waals surface area contributed by atoms with E-state index >= 15 is 0 Å². The van der Waals surface area contributed by atoms with Gasteiger partial charge in [-0.05, 0) is 35.9 Å². The fourth-order valence-corrected chi connectivity index (χ4v) is 3.77. The SMILES string of the molecule is CN(Cc1cccc2[nH]ccc12)C(=O)c1ccc(-c2ccn[nH]2)s1. The summed E-state index contributed by atoms with van der Waals surface area (Å²) in [6.45, 7) is 0.575. The van der Waals surface area contributed by atoms with Crippen molar-refractivity contribution >= 4 is 28.1 Å². The van der Waals surface area contributed by atoms with E-state index in [1.54, 1.807) is 11.1 Å². The summed E-state index contributed by atoms with van der Waals surface area (Å²) < 4.78 is 0. The minimum Gasteiger partial charge on any atom is -0.361 e. The zero-order valence-electron chi connectivity index (χ0n) is 13.1. The molecule has 0 aliphatic rings. The number of nitrogens with one attached hydrogen (secondary N) is 2. The highest BCUT2D eigenvalue weighted by atomic mass is 32.1. The van der Waals surface area contributed by atoms with Crippen molar-refractivity contribution in [2.24, 2.45) is 0 Å². The van der Waals surface area contributed by atoms with Crippen LogP contribution in [-0.2, 0) is 6.54 Å². The van der Waals surface area contributed by atoms with Gasteiger partial charge in [0.25, 0.3) is 5.91 Å². The van der Waals surface area contributed by atoms with E-state index in [0.717, 1.165) is 31.9 Å². The first-order valence-electron chi connectivity index (χ1n) is 7.62. The predicted molar refractivity (Wildman–Crippen MR) is 96.0 cm³/mol. The number of hydrogen-bond donors (Lipinski definition) is 2. The minimum atomic E-state index is 0.0262. The number of aromatic amines is 2. The fourth-order valence-electron chi connectivity index (χ4n) is 2.79. The van der Waals surface area contributed by atoms with Gasteiger partial charge in [-0.2, -0.15) is 5.10 Å². The summed E-state index contributed by atoms with van der Waals surface area (Å²) in [4.78, 5) is 19.4. The highest BCUT2D eigenvalue weighted by Gasteiger charge is 2.16. The molecule has 0 fully saturated rings. The number of rotatable bonds is 4. The summed E-state index contributed by atoms with van der Waals surface area (Å²) in [5.41, 5.74) is 3.15. The smallest absolute Gasteiger partial charge is 0.263 e. The highest BCUT2D eigenvalue weighted by Crippen LogP contribution is 2.27. The Labute approximate surface area is 142 Å². The van der Waals surface area contributed by atoms with Gasteiger partial charge in [0.1, 0.15) is 0 Å². The molecule has 0 saturated heterocycles. The maximum Gasteiger partial charge on any atom is 0.263 e. The molecule has 4 aromatic rings. The van der Waals surface area contributed by atoms with Crippen molar-refractivity contribution < 1.29 is 4.79 Å². The number of nitrogens with zero attached hydrogens (tertiary/aromatic N) is 2. The number of aromatic nitrogens is 3. The summed E-state index contributed by atoms with van der Waals surface area (Å²) in [6, 6.07) is 13.9. The van der Waals surface area contributed by atoms with Crippen molar-refractivity contribution in [3.63, 3.8) is 0 Å². The zero-order valence-corrected chi connectivity index (χ0v) is 13.9. The van der Waals surface area contributed by atoms with Gasteiger partial charge < -0.3 is 9.88 Å². The van der Waals surface area contributed by atoms with Crippen LogP contribution in [0.1, 0.15) is 15.2 Å². The molecule has 6 heteroatoms. The molecule has 0 unspecified atom stereocenters. The summed E-state index contributed by atoms with van der Waals surface area (Å²) >= 11 is 1.47. The van der Waals surface area contributed by atoms with E-state index in [1.165, 1.54) is 11.3 Å². The van der Waals surface area contributed by atoms with Gasteiger partial charge in [-0.1, -0.05) is 12.1 Å². The van der Waals surface area contributed by atoms with Gasteiger partial charge in [0.15, 0.2) is 0 Å². The van der Waals surface area contributed by atoms with Crippen LogP contribution in [0.3, 0.4) is 0 Å². The minimum absolute atomic E-state index is 0.0262. The van der Waals surface area contributed by atoms with Crippen LogP contribution in [0.4, 0.5) is 0 Å². The lowest BCUT2D eigenvalue weighted by Crippen LogP contribution is -2.25. The molecule has 0 bridgehead atoms. The number of H-pyrrole nitrogens is 2. The lowest BCUT2D eigenvalue weighted by Gasteiger charge is -2.17. The van der Waals surface area contributed by atoms with Gasteiger partial charge in [-0.3, -0.25) is 9.89 Å². The van der Waals surface area contributed by atoms with Crippen LogP contribution in [0.5, 0.6) is 0 Å². The molecule has 3 aromatic heterocycles. The number of benzene rings is 1. The third kappa shape index (κ3) is 2.61. The molecule has 2 N–H and O–H groups in total. The first-order valence-corrected chi connectivity index (χ1v) is 8.44. The Bertz CT molecular complexity index is 983. The average Bonchev–Trinajstić information content (AvgIpc) is 3.32. The first kappa shape index (κ1) is 14.7. The van der Waals surface area contributed by atoms with Crippen LogP contribution < -0.4 is 0 Å². The zero-order chi connectivity index (χ0) is 16.5. The Balaban J connectivity index is 1.55. The van der Waals surface area contributed by atoms with Gasteiger partial charge in [-0.15, -0.1) is 11.3 Å². The Kier molecular flexibility index (Phi) is 3.66. The molecule has 0 aliphatic carbocycles. The van der Waals surface area contributed by atoms with Gasteiger partial charge in [0, 0.05) is 36.9 Å². The topological polar surface area (TPSA) is 64.8 Å². The number of carbonyl (C=O) groups is 1. The molecule has 4 rings (SSSR count). The number of thiophene rings is 1. The van der Waals surface area contributed by atoms with Crippen LogP contribution >= 0.6 is 11.3 Å². The van der Waals surface area contributed by atoms with Crippen molar-refractivity contribution in [3.8, 4) is 10.6 Å². The number of amides is 1. The Morgan fingerprint density at radius 3 is 2.96 bits per heavy atom. The molecular weight excluding hydrogens is 320 g/mol. The standard InChI is InChI=1S/C18H16N4OS/c1-22(11-12-3-2-4-14-13(12)7-9-19-14)18(23)17-6-5-16(24-17)15-8-10-20-21-15/h2-10,19H,11H2,1H3,(H,20,21). The first-order chi connectivity index (χ1) is 11.7. The molecular formula is C18H16N4OS. The lowest BCUT2D eigenvalue weighted by molar-refractivity contribution is 0.0790. The Hall–Kier alpha value is -2.86. The highest BCUT2D eigenvalue weighted by molar-refractivity contribution is 7.17. The molecule has 0 saturated carbocycles. The number of fused-ring (bicyclic) bond motifs is 1. The normalized spacial score (nSPS) is 11.0. The van der Waals surface area contributed by atoms with Crippen molar-refractivity contribution in [2.75, 3.05) is 7.05 Å². The Morgan fingerprint density at radius 1 is 1.21 bits per heavy atom. The molecule has 120 valence electrons. The van der Waals surface area contributed by atoms with E-state index in [-0.39, 0.29) is 5.91 Å². The van der Waals surface area contributed by atoms with Crippen LogP contribution in [-0.4, -0.2) is 33.0 Å². The molecule has 0 atom stereocenters. The maximum absolute atomic E-state index is 12.7. The monoisotopic (exact) mass is 336 g/mol. The molecule has 5 nitrogen and oxygen atoms in total. The largest absolute Gasteiger partial charge is 0.361 e. The van der Waals surface area contributed by atoms with E-state index in [1.807, 2.05) is 49.6 Å². The van der Waals surface area contributed by atoms with Crippen molar-refractivity contribution in [3.05, 3.63) is 65.3 Å². The van der Waals surface area contributed by atoms with Gasteiger partial charge in [0.05, 0.1) is 15.4 Å². The Morgan fingerprint density at radius 2 is 2.12 bits per heavy atom. The average molecular weight is 336 g/mol. The van der Waals surface area contributed by atoms with Gasteiger partial charge in [-0.25, -0.2) is 0 Å². The number of carbonyl (C=O) groups excluding carboxylic acids is 1. The second-order valence-electron chi connectivity index (χ2n) is 5.65. The summed E-state index contributed by atoms with van der Waals surface area (Å²) in [6.07, 6.45) is 3.63. The van der Waals surface area contributed by atoms with E-state index in [2.05, 4.69) is 21.2 Å². The maximum atomic E-state index is 12.7. The third-order valence-electron chi connectivity index (χ3n) is 4.02. The van der Waals surface area contributed by atoms with Crippen molar-refractivity contribution in [1.29, 1.82) is 0 Å². The summed E-state index contributed by atoms with van der Waals surface area (Å²) in [5, 5.41) is 8.03. The molecule has 3 heterocycles. The van der Waals surface area contributed by atoms with E-state index < -0.39 is 0 Å².